The van der Waals surface area contributed by atoms with E-state index in [1.54, 1.807) is 18.2 Å². The van der Waals surface area contributed by atoms with E-state index in [2.05, 4.69) is 43.4 Å². The highest BCUT2D eigenvalue weighted by Crippen LogP contribution is 2.15. The quantitative estimate of drug-likeness (QED) is 0.704. The Kier molecular flexibility index (Phi) is 6.98. The molecule has 2 rings (SSSR count). The number of benzene rings is 2. The second kappa shape index (κ2) is 9.21. The van der Waals surface area contributed by atoms with Crippen molar-refractivity contribution in [1.29, 1.82) is 0 Å². The van der Waals surface area contributed by atoms with Gasteiger partial charge in [-0.3, -0.25) is 4.79 Å². The van der Waals surface area contributed by atoms with Crippen molar-refractivity contribution < 1.29 is 9.18 Å². The maximum Gasteiger partial charge on any atom is 0.220 e. The number of amides is 1. The first-order chi connectivity index (χ1) is 11.6. The third kappa shape index (κ3) is 5.80. The highest BCUT2D eigenvalue weighted by Gasteiger charge is 2.05. The molecule has 2 nitrogen and oxygen atoms in total. The highest BCUT2D eigenvalue weighted by molar-refractivity contribution is 5.76. The third-order valence-corrected chi connectivity index (χ3v) is 4.19. The molecule has 0 bridgehead atoms. The van der Waals surface area contributed by atoms with Gasteiger partial charge < -0.3 is 5.32 Å². The van der Waals surface area contributed by atoms with Gasteiger partial charge in [-0.05, 0) is 47.9 Å². The summed E-state index contributed by atoms with van der Waals surface area (Å²) in [6.07, 6.45) is 2.62. The van der Waals surface area contributed by atoms with Crippen LogP contribution in [-0.4, -0.2) is 12.5 Å². The summed E-state index contributed by atoms with van der Waals surface area (Å²) in [5.41, 5.74) is 3.23. The zero-order valence-corrected chi connectivity index (χ0v) is 14.5. The van der Waals surface area contributed by atoms with Gasteiger partial charge in [-0.1, -0.05) is 56.3 Å². The summed E-state index contributed by atoms with van der Waals surface area (Å²) < 4.78 is 13.5. The Balaban J connectivity index is 1.65. The number of hydrogen-bond donors (Lipinski definition) is 1. The summed E-state index contributed by atoms with van der Waals surface area (Å²) in [7, 11) is 0. The Hall–Kier alpha value is -2.16. The van der Waals surface area contributed by atoms with Crippen molar-refractivity contribution in [3.8, 4) is 0 Å². The van der Waals surface area contributed by atoms with Gasteiger partial charge in [0.25, 0.3) is 0 Å². The molecule has 0 radical (unpaired) electrons. The number of carbonyl (C=O) groups is 1. The molecular formula is C21H26FNO. The second-order valence-electron chi connectivity index (χ2n) is 6.44. The molecule has 128 valence electrons. The summed E-state index contributed by atoms with van der Waals surface area (Å²) in [6, 6.07) is 15.3. The minimum atomic E-state index is -0.241. The van der Waals surface area contributed by atoms with Crippen molar-refractivity contribution in [2.75, 3.05) is 6.54 Å². The van der Waals surface area contributed by atoms with E-state index in [0.29, 0.717) is 30.9 Å². The van der Waals surface area contributed by atoms with E-state index in [9.17, 15) is 9.18 Å². The van der Waals surface area contributed by atoms with Crippen LogP contribution < -0.4 is 5.32 Å². The van der Waals surface area contributed by atoms with Crippen molar-refractivity contribution in [3.63, 3.8) is 0 Å². The fraction of sp³-hybridized carbons (Fsp3) is 0.381. The molecule has 0 saturated heterocycles. The standard InChI is InChI=1S/C21H26FNO/c1-16(2)18-11-9-17(10-12-18)6-5-15-23-21(24)14-13-19-7-3-4-8-20(19)22/h3-4,7-12,16H,5-6,13-15H2,1-2H3,(H,23,24). The minimum absolute atomic E-state index is 0.0200. The predicted molar refractivity (Wildman–Crippen MR) is 96.6 cm³/mol. The summed E-state index contributed by atoms with van der Waals surface area (Å²) in [4.78, 5) is 11.8. The van der Waals surface area contributed by atoms with Crippen LogP contribution in [0.2, 0.25) is 0 Å². The largest absolute Gasteiger partial charge is 0.356 e. The fourth-order valence-corrected chi connectivity index (χ4v) is 2.63. The Morgan fingerprint density at radius 3 is 2.42 bits per heavy atom. The first kappa shape index (κ1) is 18.2. The molecule has 2 aromatic rings. The van der Waals surface area contributed by atoms with Crippen LogP contribution in [0.3, 0.4) is 0 Å². The molecule has 0 aromatic heterocycles. The van der Waals surface area contributed by atoms with Gasteiger partial charge in [-0.15, -0.1) is 0 Å². The first-order valence-corrected chi connectivity index (χ1v) is 8.65. The SMILES string of the molecule is CC(C)c1ccc(CCCNC(=O)CCc2ccccc2F)cc1. The number of halogens is 1. The van der Waals surface area contributed by atoms with Crippen molar-refractivity contribution in [2.45, 2.75) is 45.4 Å². The number of hydrogen-bond acceptors (Lipinski definition) is 1. The fourth-order valence-electron chi connectivity index (χ4n) is 2.63. The lowest BCUT2D eigenvalue weighted by atomic mass is 10.0. The molecule has 3 heteroatoms. The van der Waals surface area contributed by atoms with Gasteiger partial charge in [0.15, 0.2) is 0 Å². The summed E-state index contributed by atoms with van der Waals surface area (Å²) in [5.74, 6) is 0.288. The van der Waals surface area contributed by atoms with Crippen LogP contribution in [0.25, 0.3) is 0 Å². The van der Waals surface area contributed by atoms with Crippen molar-refractivity contribution in [1.82, 2.24) is 5.32 Å². The maximum atomic E-state index is 13.5. The normalized spacial score (nSPS) is 10.8. The second-order valence-corrected chi connectivity index (χ2v) is 6.44. The number of carbonyl (C=O) groups excluding carboxylic acids is 1. The van der Waals surface area contributed by atoms with Gasteiger partial charge in [-0.25, -0.2) is 4.39 Å². The van der Waals surface area contributed by atoms with Gasteiger partial charge in [0.05, 0.1) is 0 Å². The Labute approximate surface area is 144 Å². The van der Waals surface area contributed by atoms with E-state index in [4.69, 9.17) is 0 Å². The number of rotatable bonds is 8. The molecule has 0 atom stereocenters. The zero-order chi connectivity index (χ0) is 17.4. The van der Waals surface area contributed by atoms with Crippen LogP contribution in [0, 0.1) is 5.82 Å². The molecular weight excluding hydrogens is 301 g/mol. The van der Waals surface area contributed by atoms with E-state index in [1.165, 1.54) is 17.2 Å². The third-order valence-electron chi connectivity index (χ3n) is 4.19. The number of aryl methyl sites for hydroxylation is 2. The van der Waals surface area contributed by atoms with E-state index < -0.39 is 0 Å². The Morgan fingerprint density at radius 2 is 1.75 bits per heavy atom. The first-order valence-electron chi connectivity index (χ1n) is 8.65. The molecule has 0 fully saturated rings. The van der Waals surface area contributed by atoms with Crippen molar-refractivity contribution in [2.24, 2.45) is 0 Å². The molecule has 0 aliphatic carbocycles. The zero-order valence-electron chi connectivity index (χ0n) is 14.5. The molecule has 1 N–H and O–H groups in total. The van der Waals surface area contributed by atoms with Gasteiger partial charge >= 0.3 is 0 Å². The van der Waals surface area contributed by atoms with E-state index in [0.717, 1.165) is 12.8 Å². The summed E-state index contributed by atoms with van der Waals surface area (Å²) >= 11 is 0. The van der Waals surface area contributed by atoms with Crippen molar-refractivity contribution >= 4 is 5.91 Å². The van der Waals surface area contributed by atoms with Gasteiger partial charge in [0.1, 0.15) is 5.82 Å². The molecule has 0 heterocycles. The summed E-state index contributed by atoms with van der Waals surface area (Å²) in [5, 5.41) is 2.91. The minimum Gasteiger partial charge on any atom is -0.356 e. The lowest BCUT2D eigenvalue weighted by molar-refractivity contribution is -0.121. The van der Waals surface area contributed by atoms with Crippen LogP contribution in [0.5, 0.6) is 0 Å². The molecule has 0 aliphatic rings. The molecule has 1 amide bonds. The molecule has 0 aliphatic heterocycles. The van der Waals surface area contributed by atoms with Crippen molar-refractivity contribution in [3.05, 3.63) is 71.0 Å². The van der Waals surface area contributed by atoms with Gasteiger partial charge in [0, 0.05) is 13.0 Å². The van der Waals surface area contributed by atoms with Crippen LogP contribution in [0.1, 0.15) is 49.3 Å². The van der Waals surface area contributed by atoms with E-state index >= 15 is 0 Å². The van der Waals surface area contributed by atoms with E-state index in [-0.39, 0.29) is 11.7 Å². The topological polar surface area (TPSA) is 29.1 Å². The van der Waals surface area contributed by atoms with Gasteiger partial charge in [-0.2, -0.15) is 0 Å². The van der Waals surface area contributed by atoms with Crippen LogP contribution in [-0.2, 0) is 17.6 Å². The number of nitrogens with one attached hydrogen (secondary N) is 1. The van der Waals surface area contributed by atoms with E-state index in [1.807, 2.05) is 0 Å². The molecule has 24 heavy (non-hydrogen) atoms. The lowest BCUT2D eigenvalue weighted by Gasteiger charge is -2.08. The van der Waals surface area contributed by atoms with Crippen LogP contribution in [0.4, 0.5) is 4.39 Å². The molecule has 2 aromatic carbocycles. The Bertz CT molecular complexity index is 649. The van der Waals surface area contributed by atoms with Crippen LogP contribution in [0.15, 0.2) is 48.5 Å². The van der Waals surface area contributed by atoms with Crippen LogP contribution >= 0.6 is 0 Å². The van der Waals surface area contributed by atoms with Gasteiger partial charge in [0.2, 0.25) is 5.91 Å². The predicted octanol–water partition coefficient (Wildman–Crippen LogP) is 4.63. The molecule has 0 spiro atoms. The molecule has 0 unspecified atom stereocenters. The average Bonchev–Trinajstić information content (AvgIpc) is 2.58. The average molecular weight is 327 g/mol. The molecule has 0 saturated carbocycles. The summed E-state index contributed by atoms with van der Waals surface area (Å²) in [6.45, 7) is 5.03. The Morgan fingerprint density at radius 1 is 1.04 bits per heavy atom. The lowest BCUT2D eigenvalue weighted by Crippen LogP contribution is -2.25. The highest BCUT2D eigenvalue weighted by atomic mass is 19.1. The monoisotopic (exact) mass is 327 g/mol. The maximum absolute atomic E-state index is 13.5. The smallest absolute Gasteiger partial charge is 0.220 e.